The lowest BCUT2D eigenvalue weighted by atomic mass is 10.2. The zero-order valence-electron chi connectivity index (χ0n) is 11.0. The first kappa shape index (κ1) is 12.2. The summed E-state index contributed by atoms with van der Waals surface area (Å²) in [7, 11) is 0. The van der Waals surface area contributed by atoms with Gasteiger partial charge < -0.3 is 8.98 Å². The summed E-state index contributed by atoms with van der Waals surface area (Å²) < 4.78 is 7.90. The Kier molecular flexibility index (Phi) is 2.79. The zero-order valence-corrected chi connectivity index (χ0v) is 11.8. The Labute approximate surface area is 126 Å². The SMILES string of the molecule is Clc1ccc(-c2nc3ccc(-n4cccc4)cc3o2)cc1. The minimum Gasteiger partial charge on any atom is -0.436 e. The van der Waals surface area contributed by atoms with Crippen LogP contribution in [0.4, 0.5) is 0 Å². The smallest absolute Gasteiger partial charge is 0.227 e. The van der Waals surface area contributed by atoms with Crippen LogP contribution in [0.1, 0.15) is 0 Å². The van der Waals surface area contributed by atoms with E-state index in [1.165, 1.54) is 0 Å². The molecule has 0 N–H and O–H groups in total. The van der Waals surface area contributed by atoms with E-state index in [2.05, 4.69) is 4.98 Å². The van der Waals surface area contributed by atoms with E-state index < -0.39 is 0 Å². The molecule has 0 aliphatic heterocycles. The Hall–Kier alpha value is -2.52. The van der Waals surface area contributed by atoms with Gasteiger partial charge >= 0.3 is 0 Å². The van der Waals surface area contributed by atoms with Gasteiger partial charge in [-0.25, -0.2) is 4.98 Å². The van der Waals surface area contributed by atoms with Crippen molar-refractivity contribution in [2.75, 3.05) is 0 Å². The lowest BCUT2D eigenvalue weighted by Gasteiger charge is -2.00. The van der Waals surface area contributed by atoms with E-state index in [0.29, 0.717) is 10.9 Å². The fourth-order valence-corrected chi connectivity index (χ4v) is 2.42. The van der Waals surface area contributed by atoms with Crippen molar-refractivity contribution in [3.05, 3.63) is 72.0 Å². The maximum Gasteiger partial charge on any atom is 0.227 e. The van der Waals surface area contributed by atoms with E-state index in [1.54, 1.807) is 0 Å². The second-order valence-corrected chi connectivity index (χ2v) is 5.20. The Morgan fingerprint density at radius 1 is 0.952 bits per heavy atom. The molecule has 2 heterocycles. The number of hydrogen-bond donors (Lipinski definition) is 0. The summed E-state index contributed by atoms with van der Waals surface area (Å²) in [5, 5.41) is 0.699. The molecule has 4 aromatic rings. The molecule has 0 spiro atoms. The van der Waals surface area contributed by atoms with Gasteiger partial charge in [-0.1, -0.05) is 11.6 Å². The molecule has 4 heteroatoms. The van der Waals surface area contributed by atoms with Gasteiger partial charge in [-0.3, -0.25) is 0 Å². The summed E-state index contributed by atoms with van der Waals surface area (Å²) in [5.41, 5.74) is 3.58. The molecule has 0 aliphatic rings. The van der Waals surface area contributed by atoms with Gasteiger partial charge in [-0.2, -0.15) is 0 Å². The Morgan fingerprint density at radius 2 is 1.71 bits per heavy atom. The lowest BCUT2D eigenvalue weighted by molar-refractivity contribution is 0.619. The molecule has 0 fully saturated rings. The predicted molar refractivity (Wildman–Crippen MR) is 83.8 cm³/mol. The predicted octanol–water partition coefficient (Wildman–Crippen LogP) is 4.94. The molecule has 3 nitrogen and oxygen atoms in total. The largest absolute Gasteiger partial charge is 0.436 e. The number of hydrogen-bond acceptors (Lipinski definition) is 2. The first-order chi connectivity index (χ1) is 10.3. The van der Waals surface area contributed by atoms with Crippen LogP contribution in [0.3, 0.4) is 0 Å². The van der Waals surface area contributed by atoms with Crippen molar-refractivity contribution in [3.63, 3.8) is 0 Å². The Morgan fingerprint density at radius 3 is 2.48 bits per heavy atom. The number of oxazole rings is 1. The standard InChI is InChI=1S/C17H11ClN2O/c18-13-5-3-12(4-6-13)17-19-15-8-7-14(11-16(15)21-17)20-9-1-2-10-20/h1-11H. The fourth-order valence-electron chi connectivity index (χ4n) is 2.30. The van der Waals surface area contributed by atoms with Crippen LogP contribution in [0.5, 0.6) is 0 Å². The summed E-state index contributed by atoms with van der Waals surface area (Å²) in [6.07, 6.45) is 4.00. The molecule has 2 aromatic heterocycles. The van der Waals surface area contributed by atoms with Crippen LogP contribution in [-0.2, 0) is 0 Å². The van der Waals surface area contributed by atoms with Crippen molar-refractivity contribution in [2.24, 2.45) is 0 Å². The fraction of sp³-hybridized carbons (Fsp3) is 0. The number of fused-ring (bicyclic) bond motifs is 1. The highest BCUT2D eigenvalue weighted by Gasteiger charge is 2.09. The third kappa shape index (κ3) is 2.22. The number of aromatic nitrogens is 2. The first-order valence-electron chi connectivity index (χ1n) is 6.59. The molecule has 0 amide bonds. The Bertz CT molecular complexity index is 892. The number of benzene rings is 2. The van der Waals surface area contributed by atoms with Gasteiger partial charge in [-0.05, 0) is 48.5 Å². The molecule has 102 valence electrons. The van der Waals surface area contributed by atoms with Gasteiger partial charge in [0.15, 0.2) is 5.58 Å². The van der Waals surface area contributed by atoms with Crippen molar-refractivity contribution >= 4 is 22.7 Å². The number of nitrogens with zero attached hydrogens (tertiary/aromatic N) is 2. The monoisotopic (exact) mass is 294 g/mol. The van der Waals surface area contributed by atoms with Gasteiger partial charge in [0.05, 0.1) is 0 Å². The highest BCUT2D eigenvalue weighted by atomic mass is 35.5. The summed E-state index contributed by atoms with van der Waals surface area (Å²) >= 11 is 5.90. The molecule has 0 atom stereocenters. The summed E-state index contributed by atoms with van der Waals surface area (Å²) in [6.45, 7) is 0. The van der Waals surface area contributed by atoms with Crippen LogP contribution < -0.4 is 0 Å². The quantitative estimate of drug-likeness (QED) is 0.524. The van der Waals surface area contributed by atoms with Crippen LogP contribution in [0.15, 0.2) is 71.4 Å². The number of rotatable bonds is 2. The van der Waals surface area contributed by atoms with E-state index in [-0.39, 0.29) is 0 Å². The average molecular weight is 295 g/mol. The van der Waals surface area contributed by atoms with Gasteiger partial charge in [0.1, 0.15) is 5.52 Å². The molecule has 0 radical (unpaired) electrons. The minimum absolute atomic E-state index is 0.603. The van der Waals surface area contributed by atoms with Gasteiger partial charge in [0.2, 0.25) is 5.89 Å². The zero-order chi connectivity index (χ0) is 14.2. The molecule has 0 saturated heterocycles. The first-order valence-corrected chi connectivity index (χ1v) is 6.97. The van der Waals surface area contributed by atoms with Gasteiger partial charge in [0, 0.05) is 34.7 Å². The highest BCUT2D eigenvalue weighted by Crippen LogP contribution is 2.26. The molecule has 0 saturated carbocycles. The second-order valence-electron chi connectivity index (χ2n) is 4.77. The van der Waals surface area contributed by atoms with E-state index in [4.69, 9.17) is 16.0 Å². The van der Waals surface area contributed by atoms with Crippen molar-refractivity contribution in [1.29, 1.82) is 0 Å². The molecule has 4 rings (SSSR count). The van der Waals surface area contributed by atoms with Crippen LogP contribution in [0.2, 0.25) is 5.02 Å². The van der Waals surface area contributed by atoms with Crippen LogP contribution in [0, 0.1) is 0 Å². The normalized spacial score (nSPS) is 11.1. The Balaban J connectivity index is 1.81. The average Bonchev–Trinajstić information content (AvgIpc) is 3.16. The van der Waals surface area contributed by atoms with Crippen LogP contribution in [-0.4, -0.2) is 9.55 Å². The van der Waals surface area contributed by atoms with Crippen molar-refractivity contribution in [3.8, 4) is 17.1 Å². The van der Waals surface area contributed by atoms with E-state index in [1.807, 2.05) is 71.6 Å². The maximum atomic E-state index is 5.90. The number of halogens is 1. The molecule has 2 aromatic carbocycles. The molecule has 0 unspecified atom stereocenters. The second kappa shape index (κ2) is 4.79. The van der Waals surface area contributed by atoms with Crippen molar-refractivity contribution < 1.29 is 4.42 Å². The summed E-state index contributed by atoms with van der Waals surface area (Å²) in [4.78, 5) is 4.52. The molecular formula is C17H11ClN2O. The van der Waals surface area contributed by atoms with E-state index in [0.717, 1.165) is 22.4 Å². The minimum atomic E-state index is 0.603. The lowest BCUT2D eigenvalue weighted by Crippen LogP contribution is -1.87. The van der Waals surface area contributed by atoms with Crippen molar-refractivity contribution in [1.82, 2.24) is 9.55 Å². The van der Waals surface area contributed by atoms with Gasteiger partial charge in [-0.15, -0.1) is 0 Å². The topological polar surface area (TPSA) is 31.0 Å². The molecule has 0 bridgehead atoms. The van der Waals surface area contributed by atoms with Crippen LogP contribution >= 0.6 is 11.6 Å². The van der Waals surface area contributed by atoms with E-state index in [9.17, 15) is 0 Å². The summed E-state index contributed by atoms with van der Waals surface area (Å²) in [5.74, 6) is 0.603. The highest BCUT2D eigenvalue weighted by molar-refractivity contribution is 6.30. The van der Waals surface area contributed by atoms with Crippen LogP contribution in [0.25, 0.3) is 28.2 Å². The molecular weight excluding hydrogens is 284 g/mol. The third-order valence-corrected chi connectivity index (χ3v) is 3.62. The van der Waals surface area contributed by atoms with Gasteiger partial charge in [0.25, 0.3) is 0 Å². The van der Waals surface area contributed by atoms with Crippen molar-refractivity contribution in [2.45, 2.75) is 0 Å². The third-order valence-electron chi connectivity index (χ3n) is 3.37. The summed E-state index contributed by atoms with van der Waals surface area (Å²) in [6, 6.07) is 17.4. The maximum absolute atomic E-state index is 5.90. The van der Waals surface area contributed by atoms with E-state index >= 15 is 0 Å². The molecule has 0 aliphatic carbocycles. The molecule has 21 heavy (non-hydrogen) atoms.